The van der Waals surface area contributed by atoms with Crippen molar-refractivity contribution in [3.63, 3.8) is 0 Å². The van der Waals surface area contributed by atoms with Crippen molar-refractivity contribution in [1.29, 1.82) is 0 Å². The summed E-state index contributed by atoms with van der Waals surface area (Å²) in [7, 11) is 4.12. The molecule has 0 bridgehead atoms. The number of halogens is 1. The molecule has 0 saturated heterocycles. The highest BCUT2D eigenvalue weighted by molar-refractivity contribution is 5.94. The number of aromatic nitrogens is 2. The van der Waals surface area contributed by atoms with E-state index in [0.29, 0.717) is 18.8 Å². The van der Waals surface area contributed by atoms with Crippen molar-refractivity contribution in [2.75, 3.05) is 27.2 Å². The summed E-state index contributed by atoms with van der Waals surface area (Å²) >= 11 is 0. The molecule has 0 aliphatic rings. The van der Waals surface area contributed by atoms with Crippen LogP contribution in [0.4, 0.5) is 4.39 Å². The molecule has 4 aromatic rings. The Hall–Kier alpha value is -4.50. The number of hydrogen-bond donors (Lipinski definition) is 0. The zero-order valence-corrected chi connectivity index (χ0v) is 20.5. The third-order valence-electron chi connectivity index (χ3n) is 5.14. The highest BCUT2D eigenvalue weighted by atomic mass is 19.1. The van der Waals surface area contributed by atoms with Crippen molar-refractivity contribution in [2.24, 2.45) is 0 Å². The molecule has 37 heavy (non-hydrogen) atoms. The van der Waals surface area contributed by atoms with Crippen LogP contribution in [0.2, 0.25) is 0 Å². The minimum Gasteiger partial charge on any atom is -0.545 e. The number of ether oxygens (including phenoxy) is 1. The average molecular weight is 504 g/mol. The molecular formula is C28H26FN3O5-2. The first-order chi connectivity index (χ1) is 17.7. The Balaban J connectivity index is 0.000000414. The molecule has 1 heterocycles. The van der Waals surface area contributed by atoms with E-state index >= 15 is 0 Å². The maximum atomic E-state index is 13.4. The topological polar surface area (TPSA) is 111 Å². The molecule has 3 aromatic carbocycles. The molecule has 4 rings (SSSR count). The number of carboxylic acids is 2. The number of fused-ring (bicyclic) bond motifs is 1. The number of carboxylic acid groups (broad SMARTS) is 2. The van der Waals surface area contributed by atoms with E-state index in [1.54, 1.807) is 12.1 Å². The Morgan fingerprint density at radius 1 is 0.973 bits per heavy atom. The van der Waals surface area contributed by atoms with E-state index in [-0.39, 0.29) is 5.82 Å². The largest absolute Gasteiger partial charge is 0.545 e. The van der Waals surface area contributed by atoms with Gasteiger partial charge in [0.2, 0.25) is 0 Å². The van der Waals surface area contributed by atoms with Crippen molar-refractivity contribution in [2.45, 2.75) is 6.42 Å². The lowest BCUT2D eigenvalue weighted by Gasteiger charge is -2.11. The fourth-order valence-electron chi connectivity index (χ4n) is 3.50. The Labute approximate surface area is 213 Å². The van der Waals surface area contributed by atoms with Gasteiger partial charge in [0.1, 0.15) is 17.3 Å². The summed E-state index contributed by atoms with van der Waals surface area (Å²) in [5, 5.41) is 24.7. The van der Waals surface area contributed by atoms with E-state index in [9.17, 15) is 24.2 Å². The van der Waals surface area contributed by atoms with Gasteiger partial charge in [-0.1, -0.05) is 24.3 Å². The lowest BCUT2D eigenvalue weighted by Crippen LogP contribution is -2.23. The molecule has 0 saturated carbocycles. The molecule has 0 aliphatic heterocycles. The second-order valence-electron chi connectivity index (χ2n) is 8.26. The number of benzene rings is 3. The predicted molar refractivity (Wildman–Crippen MR) is 134 cm³/mol. The number of carbonyl (C=O) groups is 2. The zero-order chi connectivity index (χ0) is 26.8. The summed E-state index contributed by atoms with van der Waals surface area (Å²) in [4.78, 5) is 21.0. The molecule has 0 atom stereocenters. The van der Waals surface area contributed by atoms with Crippen molar-refractivity contribution < 1.29 is 28.9 Å². The van der Waals surface area contributed by atoms with Gasteiger partial charge in [-0.3, -0.25) is 0 Å². The Bertz CT molecular complexity index is 1360. The van der Waals surface area contributed by atoms with Gasteiger partial charge >= 0.3 is 0 Å². The van der Waals surface area contributed by atoms with E-state index in [1.807, 2.05) is 53.2 Å². The quantitative estimate of drug-likeness (QED) is 0.254. The molecule has 8 nitrogen and oxygen atoms in total. The van der Waals surface area contributed by atoms with E-state index in [0.717, 1.165) is 46.6 Å². The third kappa shape index (κ3) is 8.01. The summed E-state index contributed by atoms with van der Waals surface area (Å²) < 4.78 is 21.2. The molecule has 1 aromatic heterocycles. The van der Waals surface area contributed by atoms with Crippen molar-refractivity contribution in [3.8, 4) is 22.7 Å². The van der Waals surface area contributed by atoms with Crippen LogP contribution in [0.25, 0.3) is 27.8 Å². The fourth-order valence-corrected chi connectivity index (χ4v) is 3.50. The summed E-state index contributed by atoms with van der Waals surface area (Å²) in [6.07, 6.45) is 1.74. The minimum absolute atomic E-state index is 0.253. The first-order valence-corrected chi connectivity index (χ1v) is 11.5. The molecular weight excluding hydrogens is 477 g/mol. The summed E-state index contributed by atoms with van der Waals surface area (Å²) in [5.74, 6) is -2.52. The molecule has 0 spiro atoms. The van der Waals surface area contributed by atoms with Crippen molar-refractivity contribution in [3.05, 3.63) is 90.8 Å². The molecule has 0 fully saturated rings. The summed E-state index contributed by atoms with van der Waals surface area (Å²) in [6.45, 7) is 1.66. The van der Waals surface area contributed by atoms with Crippen LogP contribution in [-0.4, -0.2) is 53.9 Å². The maximum Gasteiger partial charge on any atom is 0.123 e. The minimum atomic E-state index is -1.55. The van der Waals surface area contributed by atoms with E-state index < -0.39 is 11.9 Å². The van der Waals surface area contributed by atoms with Crippen LogP contribution in [0.3, 0.4) is 0 Å². The van der Waals surface area contributed by atoms with Crippen LogP contribution < -0.4 is 14.9 Å². The highest BCUT2D eigenvalue weighted by Crippen LogP contribution is 2.30. The lowest BCUT2D eigenvalue weighted by molar-refractivity contribution is -0.301. The Kier molecular flexibility index (Phi) is 9.51. The Morgan fingerprint density at radius 2 is 1.65 bits per heavy atom. The zero-order valence-electron chi connectivity index (χ0n) is 20.5. The van der Waals surface area contributed by atoms with Crippen molar-refractivity contribution >= 4 is 22.8 Å². The number of carbonyl (C=O) groups excluding carboxylic acids is 2. The SMILES string of the molecule is CN(C)CCCOc1cccc(-n2nc(-c3ccc(F)cc3)c3ccccc32)c1.O=C([O-])/C=C\C(=O)[O-]. The standard InChI is InChI=1S/C24H24FN3O.C4H4O4/c1-27(2)15-6-16-29-21-8-5-7-20(17-21)28-23-10-4-3-9-22(23)24(26-28)18-11-13-19(25)14-12-18;5-3(6)1-2-4(7)8/h3-5,7-14,17H,6,15-16H2,1-2H3;1-2H,(H,5,6)(H,7,8)/p-2/b;2-1-. The third-order valence-corrected chi connectivity index (χ3v) is 5.14. The van der Waals surface area contributed by atoms with Gasteiger partial charge in [0.05, 0.1) is 29.7 Å². The second kappa shape index (κ2) is 13.0. The van der Waals surface area contributed by atoms with Crippen LogP contribution in [0.1, 0.15) is 6.42 Å². The fraction of sp³-hybridized carbons (Fsp3) is 0.179. The summed E-state index contributed by atoms with van der Waals surface area (Å²) in [5.41, 5.74) is 3.64. The van der Waals surface area contributed by atoms with E-state index in [1.165, 1.54) is 12.1 Å². The maximum absolute atomic E-state index is 13.4. The van der Waals surface area contributed by atoms with Gasteiger partial charge in [0, 0.05) is 23.6 Å². The monoisotopic (exact) mass is 503 g/mol. The molecule has 0 radical (unpaired) electrons. The van der Waals surface area contributed by atoms with Crippen LogP contribution in [0.5, 0.6) is 5.75 Å². The molecule has 192 valence electrons. The molecule has 0 amide bonds. The van der Waals surface area contributed by atoms with Crippen LogP contribution in [0, 0.1) is 5.82 Å². The highest BCUT2D eigenvalue weighted by Gasteiger charge is 2.13. The van der Waals surface area contributed by atoms with Gasteiger partial charge in [0.25, 0.3) is 0 Å². The first kappa shape index (κ1) is 27.1. The summed E-state index contributed by atoms with van der Waals surface area (Å²) in [6, 6.07) is 22.5. The Morgan fingerprint density at radius 3 is 2.30 bits per heavy atom. The number of rotatable bonds is 9. The van der Waals surface area contributed by atoms with Crippen LogP contribution in [-0.2, 0) is 9.59 Å². The van der Waals surface area contributed by atoms with E-state index in [2.05, 4.69) is 19.0 Å². The molecule has 0 unspecified atom stereocenters. The van der Waals surface area contributed by atoms with Gasteiger partial charge in [-0.15, -0.1) is 0 Å². The average Bonchev–Trinajstić information content (AvgIpc) is 3.26. The molecule has 9 heteroatoms. The smallest absolute Gasteiger partial charge is 0.123 e. The number of para-hydroxylation sites is 1. The van der Waals surface area contributed by atoms with Crippen LogP contribution >= 0.6 is 0 Å². The lowest BCUT2D eigenvalue weighted by atomic mass is 10.1. The predicted octanol–water partition coefficient (Wildman–Crippen LogP) is 2.20. The molecule has 0 aliphatic carbocycles. The number of nitrogens with zero attached hydrogens (tertiary/aromatic N) is 3. The van der Waals surface area contributed by atoms with Gasteiger partial charge in [-0.2, -0.15) is 5.10 Å². The van der Waals surface area contributed by atoms with E-state index in [4.69, 9.17) is 9.84 Å². The second-order valence-corrected chi connectivity index (χ2v) is 8.26. The number of aliphatic carboxylic acids is 2. The van der Waals surface area contributed by atoms with Gasteiger partial charge in [-0.25, -0.2) is 9.07 Å². The van der Waals surface area contributed by atoms with Crippen LogP contribution in [0.15, 0.2) is 84.9 Å². The van der Waals surface area contributed by atoms with Gasteiger partial charge in [-0.05, 0) is 75.1 Å². The van der Waals surface area contributed by atoms with Gasteiger partial charge in [0.15, 0.2) is 0 Å². The van der Waals surface area contributed by atoms with Gasteiger partial charge < -0.3 is 29.4 Å². The number of hydrogen-bond acceptors (Lipinski definition) is 7. The van der Waals surface area contributed by atoms with Crippen molar-refractivity contribution in [1.82, 2.24) is 14.7 Å². The first-order valence-electron chi connectivity index (χ1n) is 11.5. The molecule has 0 N–H and O–H groups in total. The normalized spacial score (nSPS) is 10.9.